The van der Waals surface area contributed by atoms with Crippen molar-refractivity contribution in [1.82, 2.24) is 5.32 Å². The topological polar surface area (TPSA) is 12.0 Å². The number of benzene rings is 1. The molecule has 1 aliphatic carbocycles. The van der Waals surface area contributed by atoms with E-state index in [2.05, 4.69) is 12.2 Å². The van der Waals surface area contributed by atoms with Crippen LogP contribution in [-0.4, -0.2) is 6.04 Å². The van der Waals surface area contributed by atoms with Crippen LogP contribution in [0.4, 0.5) is 8.78 Å². The molecule has 1 N–H and O–H groups in total. The molecule has 0 spiro atoms. The van der Waals surface area contributed by atoms with Crippen molar-refractivity contribution in [2.75, 3.05) is 0 Å². The Kier molecular flexibility index (Phi) is 3.24. The molecular formula is C13H17F2N. The van der Waals surface area contributed by atoms with Gasteiger partial charge in [-0.05, 0) is 37.0 Å². The maximum atomic E-state index is 13.0. The van der Waals surface area contributed by atoms with Gasteiger partial charge in [-0.3, -0.25) is 0 Å². The van der Waals surface area contributed by atoms with Crippen LogP contribution in [0.15, 0.2) is 18.2 Å². The van der Waals surface area contributed by atoms with Crippen LogP contribution < -0.4 is 5.32 Å². The molecule has 1 aromatic rings. The van der Waals surface area contributed by atoms with Crippen molar-refractivity contribution in [2.45, 2.75) is 38.8 Å². The first-order chi connectivity index (χ1) is 7.61. The Morgan fingerprint density at radius 3 is 2.69 bits per heavy atom. The zero-order valence-corrected chi connectivity index (χ0v) is 9.63. The molecule has 1 fully saturated rings. The van der Waals surface area contributed by atoms with E-state index in [-0.39, 0.29) is 6.04 Å². The third kappa shape index (κ3) is 2.40. The molecule has 2 rings (SSSR count). The molecule has 0 aliphatic heterocycles. The van der Waals surface area contributed by atoms with Crippen molar-refractivity contribution >= 4 is 0 Å². The van der Waals surface area contributed by atoms with E-state index in [1.807, 2.05) is 6.92 Å². The van der Waals surface area contributed by atoms with Crippen molar-refractivity contribution in [3.05, 3.63) is 35.4 Å². The first-order valence-electron chi connectivity index (χ1n) is 5.82. The molecule has 0 radical (unpaired) electrons. The average Bonchev–Trinajstić information content (AvgIpc) is 3.00. The highest BCUT2D eigenvalue weighted by molar-refractivity contribution is 5.21. The van der Waals surface area contributed by atoms with E-state index in [9.17, 15) is 8.78 Å². The highest BCUT2D eigenvalue weighted by Crippen LogP contribution is 2.35. The van der Waals surface area contributed by atoms with Gasteiger partial charge in [0.15, 0.2) is 11.6 Å². The largest absolute Gasteiger partial charge is 0.307 e. The van der Waals surface area contributed by atoms with Gasteiger partial charge < -0.3 is 5.32 Å². The highest BCUT2D eigenvalue weighted by atomic mass is 19.2. The van der Waals surface area contributed by atoms with Crippen LogP contribution in [0.25, 0.3) is 0 Å². The van der Waals surface area contributed by atoms with Crippen molar-refractivity contribution in [1.29, 1.82) is 0 Å². The molecule has 88 valence electrons. The van der Waals surface area contributed by atoms with Gasteiger partial charge in [0.25, 0.3) is 0 Å². The zero-order chi connectivity index (χ0) is 11.7. The summed E-state index contributed by atoms with van der Waals surface area (Å²) in [6.07, 6.45) is 2.38. The third-order valence-electron chi connectivity index (χ3n) is 3.35. The average molecular weight is 225 g/mol. The molecule has 3 unspecified atom stereocenters. The Hall–Kier alpha value is -0.960. The third-order valence-corrected chi connectivity index (χ3v) is 3.35. The maximum Gasteiger partial charge on any atom is 0.159 e. The molecule has 0 amide bonds. The predicted molar refractivity (Wildman–Crippen MR) is 60.1 cm³/mol. The summed E-state index contributed by atoms with van der Waals surface area (Å²) in [4.78, 5) is 0. The van der Waals surface area contributed by atoms with Crippen LogP contribution in [0.5, 0.6) is 0 Å². The number of hydrogen-bond donors (Lipinski definition) is 1. The molecule has 0 bridgehead atoms. The minimum absolute atomic E-state index is 0.0802. The fourth-order valence-electron chi connectivity index (χ4n) is 2.10. The molecule has 0 heterocycles. The maximum absolute atomic E-state index is 13.0. The molecule has 0 saturated heterocycles. The van der Waals surface area contributed by atoms with E-state index in [0.717, 1.165) is 11.5 Å². The molecule has 16 heavy (non-hydrogen) atoms. The van der Waals surface area contributed by atoms with Crippen molar-refractivity contribution in [3.8, 4) is 0 Å². The first-order valence-corrected chi connectivity index (χ1v) is 5.82. The van der Waals surface area contributed by atoms with Crippen LogP contribution in [0.1, 0.15) is 38.3 Å². The minimum Gasteiger partial charge on any atom is -0.307 e. The summed E-state index contributed by atoms with van der Waals surface area (Å²) in [7, 11) is 0. The van der Waals surface area contributed by atoms with Gasteiger partial charge in [0.2, 0.25) is 0 Å². The summed E-state index contributed by atoms with van der Waals surface area (Å²) in [5, 5.41) is 3.43. The number of hydrogen-bond acceptors (Lipinski definition) is 1. The SMILES string of the molecule is CCC1CC1NC(C)c1ccc(F)c(F)c1. The van der Waals surface area contributed by atoms with Gasteiger partial charge in [-0.1, -0.05) is 19.4 Å². The lowest BCUT2D eigenvalue weighted by Gasteiger charge is -2.14. The summed E-state index contributed by atoms with van der Waals surface area (Å²) < 4.78 is 25.8. The lowest BCUT2D eigenvalue weighted by atomic mass is 10.1. The minimum atomic E-state index is -0.784. The van der Waals surface area contributed by atoms with Gasteiger partial charge in [-0.15, -0.1) is 0 Å². The zero-order valence-electron chi connectivity index (χ0n) is 9.63. The lowest BCUT2D eigenvalue weighted by Crippen LogP contribution is -2.22. The molecule has 3 atom stereocenters. The summed E-state index contributed by atoms with van der Waals surface area (Å²) in [5.41, 5.74) is 0.806. The van der Waals surface area contributed by atoms with Crippen molar-refractivity contribution in [2.24, 2.45) is 5.92 Å². The summed E-state index contributed by atoms with van der Waals surface area (Å²) in [6.45, 7) is 4.16. The van der Waals surface area contributed by atoms with E-state index >= 15 is 0 Å². The Balaban J connectivity index is 1.98. The van der Waals surface area contributed by atoms with Gasteiger partial charge in [0.1, 0.15) is 0 Å². The number of halogens is 2. The first kappa shape index (κ1) is 11.5. The number of rotatable bonds is 4. The van der Waals surface area contributed by atoms with Crippen molar-refractivity contribution < 1.29 is 8.78 Å². The lowest BCUT2D eigenvalue weighted by molar-refractivity contribution is 0.497. The Labute approximate surface area is 94.9 Å². The molecule has 1 aromatic carbocycles. The second-order valence-corrected chi connectivity index (χ2v) is 4.57. The fraction of sp³-hybridized carbons (Fsp3) is 0.538. The van der Waals surface area contributed by atoms with Gasteiger partial charge in [0.05, 0.1) is 0 Å². The monoisotopic (exact) mass is 225 g/mol. The molecule has 0 aromatic heterocycles. The van der Waals surface area contributed by atoms with Gasteiger partial charge in [-0.2, -0.15) is 0 Å². The van der Waals surface area contributed by atoms with E-state index in [0.29, 0.717) is 6.04 Å². The van der Waals surface area contributed by atoms with Crippen LogP contribution in [0.3, 0.4) is 0 Å². The van der Waals surface area contributed by atoms with Gasteiger partial charge in [-0.25, -0.2) is 8.78 Å². The normalized spacial score (nSPS) is 25.5. The fourth-order valence-corrected chi connectivity index (χ4v) is 2.10. The quantitative estimate of drug-likeness (QED) is 0.828. The van der Waals surface area contributed by atoms with Gasteiger partial charge in [0, 0.05) is 12.1 Å². The predicted octanol–water partition coefficient (Wildman–Crippen LogP) is 3.41. The highest BCUT2D eigenvalue weighted by Gasteiger charge is 2.35. The summed E-state index contributed by atoms with van der Waals surface area (Å²) in [5.74, 6) is -0.796. The molecule has 1 nitrogen and oxygen atoms in total. The van der Waals surface area contributed by atoms with Crippen molar-refractivity contribution in [3.63, 3.8) is 0 Å². The summed E-state index contributed by atoms with van der Waals surface area (Å²) >= 11 is 0. The Morgan fingerprint density at radius 2 is 2.12 bits per heavy atom. The molecule has 1 saturated carbocycles. The van der Waals surface area contributed by atoms with Crippen LogP contribution in [0.2, 0.25) is 0 Å². The van der Waals surface area contributed by atoms with E-state index < -0.39 is 11.6 Å². The molecule has 1 aliphatic rings. The second kappa shape index (κ2) is 4.50. The summed E-state index contributed by atoms with van der Waals surface area (Å²) in [6, 6.07) is 4.73. The molecular weight excluding hydrogens is 208 g/mol. The standard InChI is InChI=1S/C13H17F2N/c1-3-9-7-13(9)16-8(2)10-4-5-11(14)12(15)6-10/h4-6,8-9,13,16H,3,7H2,1-2H3. The van der Waals surface area contributed by atoms with E-state index in [1.165, 1.54) is 25.0 Å². The van der Waals surface area contributed by atoms with Crippen LogP contribution in [-0.2, 0) is 0 Å². The van der Waals surface area contributed by atoms with Gasteiger partial charge >= 0.3 is 0 Å². The second-order valence-electron chi connectivity index (χ2n) is 4.57. The van der Waals surface area contributed by atoms with Crippen LogP contribution >= 0.6 is 0 Å². The molecule has 3 heteroatoms. The van der Waals surface area contributed by atoms with Crippen LogP contribution in [0, 0.1) is 17.6 Å². The van der Waals surface area contributed by atoms with E-state index in [1.54, 1.807) is 6.07 Å². The Bertz CT molecular complexity index is 378. The van der Waals surface area contributed by atoms with E-state index in [4.69, 9.17) is 0 Å². The smallest absolute Gasteiger partial charge is 0.159 e. The number of nitrogens with one attached hydrogen (secondary N) is 1. The Morgan fingerprint density at radius 1 is 1.38 bits per heavy atom.